The number of carbonyl (C=O) groups excluding carboxylic acids is 3. The zero-order valence-corrected chi connectivity index (χ0v) is 16.8. The van der Waals surface area contributed by atoms with Crippen LogP contribution in [0.2, 0.25) is 10.0 Å². The lowest BCUT2D eigenvalue weighted by Crippen LogP contribution is -2.51. The first-order valence-electron chi connectivity index (χ1n) is 9.05. The van der Waals surface area contributed by atoms with Crippen molar-refractivity contribution in [2.75, 3.05) is 13.2 Å². The summed E-state index contributed by atoms with van der Waals surface area (Å²) in [5.41, 5.74) is 0.352. The number of hydrogen-bond acceptors (Lipinski definition) is 4. The van der Waals surface area contributed by atoms with Crippen molar-refractivity contribution in [1.29, 1.82) is 0 Å². The molecule has 1 fully saturated rings. The van der Waals surface area contributed by atoms with E-state index in [0.29, 0.717) is 19.6 Å². The molecule has 0 unspecified atom stereocenters. The number of amides is 3. The molecule has 0 bridgehead atoms. The third-order valence-electron chi connectivity index (χ3n) is 4.80. The number of ether oxygens (including phenoxy) is 1. The van der Waals surface area contributed by atoms with Gasteiger partial charge in [-0.05, 0) is 37.3 Å². The molecule has 0 spiro atoms. The Labute approximate surface area is 168 Å². The number of hydrogen-bond donors (Lipinski definition) is 1. The summed E-state index contributed by atoms with van der Waals surface area (Å²) in [5.74, 6) is -1.29. The fourth-order valence-electron chi connectivity index (χ4n) is 3.45. The molecular formula is C19H22Cl2N2O4. The van der Waals surface area contributed by atoms with Crippen LogP contribution in [0.1, 0.15) is 53.8 Å². The van der Waals surface area contributed by atoms with E-state index in [1.165, 1.54) is 12.1 Å². The first-order valence-corrected chi connectivity index (χ1v) is 9.81. The summed E-state index contributed by atoms with van der Waals surface area (Å²) < 4.78 is 5.52. The second-order valence-corrected chi connectivity index (χ2v) is 8.13. The van der Waals surface area contributed by atoms with Gasteiger partial charge in [0.15, 0.2) is 0 Å². The van der Waals surface area contributed by atoms with E-state index in [0.717, 1.165) is 17.7 Å². The lowest BCUT2D eigenvalue weighted by Gasteiger charge is -2.27. The van der Waals surface area contributed by atoms with Gasteiger partial charge < -0.3 is 10.1 Å². The summed E-state index contributed by atoms with van der Waals surface area (Å²) >= 11 is 12.0. The molecule has 0 aliphatic carbocycles. The third-order valence-corrected chi connectivity index (χ3v) is 5.52. The predicted octanol–water partition coefficient (Wildman–Crippen LogP) is 3.30. The Morgan fingerprint density at radius 2 is 1.81 bits per heavy atom. The zero-order valence-electron chi connectivity index (χ0n) is 15.3. The minimum Gasteiger partial charge on any atom is -0.376 e. The number of imide groups is 1. The van der Waals surface area contributed by atoms with Gasteiger partial charge in [-0.1, -0.05) is 37.0 Å². The second kappa shape index (κ2) is 8.17. The molecule has 1 aromatic carbocycles. The second-order valence-electron chi connectivity index (χ2n) is 7.32. The van der Waals surface area contributed by atoms with E-state index in [2.05, 4.69) is 5.32 Å². The van der Waals surface area contributed by atoms with E-state index in [1.54, 1.807) is 0 Å². The average Bonchev–Trinajstić information content (AvgIpc) is 3.20. The zero-order chi connectivity index (χ0) is 19.7. The van der Waals surface area contributed by atoms with E-state index >= 15 is 0 Å². The van der Waals surface area contributed by atoms with Crippen LogP contribution in [0.5, 0.6) is 0 Å². The van der Waals surface area contributed by atoms with Gasteiger partial charge in [-0.25, -0.2) is 0 Å². The summed E-state index contributed by atoms with van der Waals surface area (Å²) in [5, 5.41) is 3.23. The van der Waals surface area contributed by atoms with Crippen LogP contribution < -0.4 is 5.32 Å². The van der Waals surface area contributed by atoms with Gasteiger partial charge >= 0.3 is 0 Å². The quantitative estimate of drug-likeness (QED) is 0.727. The number of carbonyl (C=O) groups is 3. The molecule has 0 aromatic heterocycles. The maximum Gasteiger partial charge on any atom is 0.262 e. The molecular weight excluding hydrogens is 391 g/mol. The van der Waals surface area contributed by atoms with Crippen molar-refractivity contribution < 1.29 is 19.1 Å². The fraction of sp³-hybridized carbons (Fsp3) is 0.526. The molecule has 1 saturated heterocycles. The SMILES string of the molecule is CC(C)C[C@H](C(=O)NC[C@@H]1CCCO1)N1C(=O)c2cc(Cl)c(Cl)cc2C1=O. The summed E-state index contributed by atoms with van der Waals surface area (Å²) in [6.45, 7) is 4.93. The smallest absolute Gasteiger partial charge is 0.262 e. The Morgan fingerprint density at radius 3 is 2.30 bits per heavy atom. The summed E-state index contributed by atoms with van der Waals surface area (Å²) in [7, 11) is 0. The normalized spacial score (nSPS) is 20.3. The van der Waals surface area contributed by atoms with E-state index in [-0.39, 0.29) is 39.1 Å². The number of rotatable bonds is 6. The monoisotopic (exact) mass is 412 g/mol. The van der Waals surface area contributed by atoms with Crippen molar-refractivity contribution in [3.63, 3.8) is 0 Å². The Bertz CT molecular complexity index is 734. The van der Waals surface area contributed by atoms with Crippen LogP contribution in [0.4, 0.5) is 0 Å². The minimum atomic E-state index is -0.892. The fourth-order valence-corrected chi connectivity index (χ4v) is 3.78. The van der Waals surface area contributed by atoms with Gasteiger partial charge in [-0.15, -0.1) is 0 Å². The molecule has 146 valence electrons. The number of benzene rings is 1. The molecule has 6 nitrogen and oxygen atoms in total. The summed E-state index contributed by atoms with van der Waals surface area (Å²) in [6, 6.07) is 1.88. The number of nitrogens with zero attached hydrogens (tertiary/aromatic N) is 1. The van der Waals surface area contributed by atoms with Gasteiger partial charge in [-0.3, -0.25) is 19.3 Å². The molecule has 0 saturated carbocycles. The Hall–Kier alpha value is -1.63. The first-order chi connectivity index (χ1) is 12.8. The molecule has 3 amide bonds. The van der Waals surface area contributed by atoms with Crippen molar-refractivity contribution in [3.8, 4) is 0 Å². The van der Waals surface area contributed by atoms with Gasteiger partial charge in [0.2, 0.25) is 5.91 Å². The first kappa shape index (κ1) is 20.1. The van der Waals surface area contributed by atoms with Crippen LogP contribution in [0.3, 0.4) is 0 Å². The molecule has 1 aromatic rings. The predicted molar refractivity (Wildman–Crippen MR) is 102 cm³/mol. The maximum absolute atomic E-state index is 12.9. The van der Waals surface area contributed by atoms with Crippen molar-refractivity contribution >= 4 is 40.9 Å². The van der Waals surface area contributed by atoms with Crippen molar-refractivity contribution in [2.45, 2.75) is 45.3 Å². The van der Waals surface area contributed by atoms with Gasteiger partial charge in [0.1, 0.15) is 6.04 Å². The van der Waals surface area contributed by atoms with E-state index < -0.39 is 17.9 Å². The van der Waals surface area contributed by atoms with E-state index in [4.69, 9.17) is 27.9 Å². The molecule has 8 heteroatoms. The highest BCUT2D eigenvalue weighted by atomic mass is 35.5. The van der Waals surface area contributed by atoms with Gasteiger partial charge in [-0.2, -0.15) is 0 Å². The molecule has 1 N–H and O–H groups in total. The van der Waals surface area contributed by atoms with E-state index in [1.807, 2.05) is 13.8 Å². The molecule has 3 rings (SSSR count). The number of halogens is 2. The van der Waals surface area contributed by atoms with Crippen LogP contribution in [-0.2, 0) is 9.53 Å². The minimum absolute atomic E-state index is 0.0200. The van der Waals surface area contributed by atoms with Crippen LogP contribution in [-0.4, -0.2) is 47.9 Å². The Balaban J connectivity index is 1.83. The molecule has 0 radical (unpaired) electrons. The van der Waals surface area contributed by atoms with Gasteiger partial charge in [0.25, 0.3) is 11.8 Å². The van der Waals surface area contributed by atoms with Crippen molar-refractivity contribution in [3.05, 3.63) is 33.3 Å². The lowest BCUT2D eigenvalue weighted by molar-refractivity contribution is -0.126. The topological polar surface area (TPSA) is 75.7 Å². The van der Waals surface area contributed by atoms with Gasteiger partial charge in [0.05, 0.1) is 27.3 Å². The van der Waals surface area contributed by atoms with Crippen LogP contribution >= 0.6 is 23.2 Å². The van der Waals surface area contributed by atoms with Crippen molar-refractivity contribution in [1.82, 2.24) is 10.2 Å². The maximum atomic E-state index is 12.9. The highest BCUT2D eigenvalue weighted by Crippen LogP contribution is 2.33. The molecule has 2 heterocycles. The van der Waals surface area contributed by atoms with E-state index in [9.17, 15) is 14.4 Å². The number of fused-ring (bicyclic) bond motifs is 1. The molecule has 2 atom stereocenters. The van der Waals surface area contributed by atoms with Crippen LogP contribution in [0, 0.1) is 5.92 Å². The molecule has 2 aliphatic heterocycles. The van der Waals surface area contributed by atoms with Crippen LogP contribution in [0.25, 0.3) is 0 Å². The van der Waals surface area contributed by atoms with Crippen molar-refractivity contribution in [2.24, 2.45) is 5.92 Å². The third kappa shape index (κ3) is 4.13. The summed E-state index contributed by atoms with van der Waals surface area (Å²) in [4.78, 5) is 39.6. The molecule has 2 aliphatic rings. The number of nitrogens with one attached hydrogen (secondary N) is 1. The Morgan fingerprint density at radius 1 is 1.22 bits per heavy atom. The standard InChI is InChI=1S/C19H22Cl2N2O4/c1-10(2)6-16(17(24)22-9-11-4-3-5-27-11)23-18(25)12-7-14(20)15(21)8-13(12)19(23)26/h7-8,10-11,16H,3-6,9H2,1-2H3,(H,22,24)/t11-,16+/m0/s1. The Kier molecular flexibility index (Phi) is 6.08. The highest BCUT2D eigenvalue weighted by molar-refractivity contribution is 6.43. The summed E-state index contributed by atoms with van der Waals surface area (Å²) in [6.07, 6.45) is 2.20. The average molecular weight is 413 g/mol. The highest BCUT2D eigenvalue weighted by Gasteiger charge is 2.43. The van der Waals surface area contributed by atoms with Gasteiger partial charge in [0, 0.05) is 13.2 Å². The largest absolute Gasteiger partial charge is 0.376 e. The molecule has 27 heavy (non-hydrogen) atoms. The lowest BCUT2D eigenvalue weighted by atomic mass is 10.0. The van der Waals surface area contributed by atoms with Crippen LogP contribution in [0.15, 0.2) is 12.1 Å².